The first-order valence-corrected chi connectivity index (χ1v) is 6.20. The largest absolute Gasteiger partial charge is 0.388 e. The molecule has 0 amide bonds. The molecule has 2 aromatic rings. The molecule has 0 heterocycles. The van der Waals surface area contributed by atoms with Gasteiger partial charge in [0.2, 0.25) is 0 Å². The van der Waals surface area contributed by atoms with Crippen molar-refractivity contribution in [1.29, 1.82) is 0 Å². The predicted octanol–water partition coefficient (Wildman–Crippen LogP) is 4.41. The molecule has 1 N–H and O–H groups in total. The molecule has 0 bridgehead atoms. The Bertz CT molecular complexity index is 557. The fourth-order valence-electron chi connectivity index (χ4n) is 1.71. The van der Waals surface area contributed by atoms with E-state index in [1.54, 1.807) is 36.4 Å². The Hall–Kier alpha value is -1.09. The van der Waals surface area contributed by atoms with E-state index in [1.807, 2.05) is 0 Å². The Labute approximate surface area is 115 Å². The van der Waals surface area contributed by atoms with E-state index in [0.29, 0.717) is 21.2 Å². The van der Waals surface area contributed by atoms with Gasteiger partial charge in [0, 0.05) is 6.42 Å². The molecule has 1 atom stereocenters. The summed E-state index contributed by atoms with van der Waals surface area (Å²) in [6.07, 6.45) is -0.610. The summed E-state index contributed by atoms with van der Waals surface area (Å²) in [4.78, 5) is 0. The van der Waals surface area contributed by atoms with Crippen LogP contribution >= 0.6 is 23.2 Å². The van der Waals surface area contributed by atoms with Gasteiger partial charge in [-0.2, -0.15) is 0 Å². The Morgan fingerprint density at radius 1 is 1.06 bits per heavy atom. The third kappa shape index (κ3) is 3.02. The maximum Gasteiger partial charge on any atom is 0.126 e. The maximum atomic E-state index is 13.5. The predicted molar refractivity (Wildman–Crippen MR) is 71.5 cm³/mol. The summed E-state index contributed by atoms with van der Waals surface area (Å²) in [5.74, 6) is -0.323. The van der Waals surface area contributed by atoms with Crippen LogP contribution in [0.2, 0.25) is 10.0 Å². The first-order chi connectivity index (χ1) is 8.58. The minimum Gasteiger partial charge on any atom is -0.388 e. The summed E-state index contributed by atoms with van der Waals surface area (Å²) in [6.45, 7) is 0. The second kappa shape index (κ2) is 5.70. The molecule has 1 unspecified atom stereocenters. The van der Waals surface area contributed by atoms with Crippen LogP contribution in [0.15, 0.2) is 42.5 Å². The first kappa shape index (κ1) is 13.3. The fourth-order valence-corrected chi connectivity index (χ4v) is 2.02. The number of aliphatic hydroxyl groups is 1. The van der Waals surface area contributed by atoms with Gasteiger partial charge >= 0.3 is 0 Å². The van der Waals surface area contributed by atoms with E-state index in [9.17, 15) is 9.50 Å². The standard InChI is InChI=1S/C14H11Cl2FO/c15-11-6-5-10(7-12(11)16)14(18)8-9-3-1-2-4-13(9)17/h1-7,14,18H,8H2. The number of aliphatic hydroxyl groups excluding tert-OH is 1. The smallest absolute Gasteiger partial charge is 0.126 e. The minimum absolute atomic E-state index is 0.199. The van der Waals surface area contributed by atoms with Crippen molar-refractivity contribution in [1.82, 2.24) is 0 Å². The number of hydrogen-bond acceptors (Lipinski definition) is 1. The third-order valence-electron chi connectivity index (χ3n) is 2.70. The van der Waals surface area contributed by atoms with Crippen LogP contribution in [-0.2, 0) is 6.42 Å². The molecule has 0 radical (unpaired) electrons. The zero-order valence-corrected chi connectivity index (χ0v) is 10.9. The molecule has 0 fully saturated rings. The van der Waals surface area contributed by atoms with Crippen molar-refractivity contribution in [3.05, 3.63) is 69.5 Å². The van der Waals surface area contributed by atoms with Crippen LogP contribution in [-0.4, -0.2) is 5.11 Å². The summed E-state index contributed by atoms with van der Waals surface area (Å²) >= 11 is 11.7. The van der Waals surface area contributed by atoms with Gasteiger partial charge in [0.1, 0.15) is 5.82 Å². The molecular weight excluding hydrogens is 274 g/mol. The summed E-state index contributed by atoms with van der Waals surface area (Å²) in [6, 6.07) is 11.3. The SMILES string of the molecule is OC(Cc1ccccc1F)c1ccc(Cl)c(Cl)c1. The monoisotopic (exact) mass is 284 g/mol. The Kier molecular flexibility index (Phi) is 4.23. The molecule has 2 rings (SSSR count). The van der Waals surface area contributed by atoms with Crippen molar-refractivity contribution in [3.8, 4) is 0 Å². The lowest BCUT2D eigenvalue weighted by Gasteiger charge is -2.12. The zero-order chi connectivity index (χ0) is 13.1. The third-order valence-corrected chi connectivity index (χ3v) is 3.44. The van der Waals surface area contributed by atoms with Crippen molar-refractivity contribution in [2.45, 2.75) is 12.5 Å². The Balaban J connectivity index is 2.19. The molecule has 2 aromatic carbocycles. The molecule has 0 aromatic heterocycles. The van der Waals surface area contributed by atoms with Crippen molar-refractivity contribution in [2.75, 3.05) is 0 Å². The van der Waals surface area contributed by atoms with Gasteiger partial charge in [-0.3, -0.25) is 0 Å². The molecule has 1 nitrogen and oxygen atoms in total. The summed E-state index contributed by atoms with van der Waals surface area (Å²) in [5.41, 5.74) is 1.09. The van der Waals surface area contributed by atoms with E-state index in [1.165, 1.54) is 6.07 Å². The van der Waals surface area contributed by atoms with Crippen molar-refractivity contribution < 1.29 is 9.50 Å². The molecule has 0 aliphatic heterocycles. The lowest BCUT2D eigenvalue weighted by atomic mass is 10.0. The van der Waals surface area contributed by atoms with Gasteiger partial charge in [0.05, 0.1) is 16.1 Å². The second-order valence-corrected chi connectivity index (χ2v) is 4.80. The highest BCUT2D eigenvalue weighted by Crippen LogP contribution is 2.27. The van der Waals surface area contributed by atoms with E-state index in [-0.39, 0.29) is 12.2 Å². The zero-order valence-electron chi connectivity index (χ0n) is 9.41. The summed E-state index contributed by atoms with van der Waals surface area (Å²) in [5, 5.41) is 10.9. The minimum atomic E-state index is -0.809. The number of halogens is 3. The molecule has 0 aliphatic rings. The van der Waals surface area contributed by atoms with Crippen LogP contribution in [0.25, 0.3) is 0 Å². The summed E-state index contributed by atoms with van der Waals surface area (Å²) in [7, 11) is 0. The van der Waals surface area contributed by atoms with Gasteiger partial charge < -0.3 is 5.11 Å². The summed E-state index contributed by atoms with van der Waals surface area (Å²) < 4.78 is 13.5. The molecule has 94 valence electrons. The van der Waals surface area contributed by atoms with Crippen LogP contribution in [0.4, 0.5) is 4.39 Å². The van der Waals surface area contributed by atoms with Gasteiger partial charge in [0.15, 0.2) is 0 Å². The first-order valence-electron chi connectivity index (χ1n) is 5.44. The van der Waals surface area contributed by atoms with Crippen molar-refractivity contribution in [2.24, 2.45) is 0 Å². The fraction of sp³-hybridized carbons (Fsp3) is 0.143. The number of benzene rings is 2. The second-order valence-electron chi connectivity index (χ2n) is 3.98. The normalized spacial score (nSPS) is 12.4. The average molecular weight is 285 g/mol. The number of hydrogen-bond donors (Lipinski definition) is 1. The molecule has 0 aliphatic carbocycles. The lowest BCUT2D eigenvalue weighted by molar-refractivity contribution is 0.177. The van der Waals surface area contributed by atoms with Gasteiger partial charge in [-0.25, -0.2) is 4.39 Å². The van der Waals surface area contributed by atoms with Gasteiger partial charge in [-0.05, 0) is 29.3 Å². The molecule has 0 spiro atoms. The van der Waals surface area contributed by atoms with E-state index >= 15 is 0 Å². The van der Waals surface area contributed by atoms with Gasteiger partial charge in [-0.15, -0.1) is 0 Å². The topological polar surface area (TPSA) is 20.2 Å². The van der Waals surface area contributed by atoms with E-state index in [0.717, 1.165) is 0 Å². The van der Waals surface area contributed by atoms with Crippen molar-refractivity contribution >= 4 is 23.2 Å². The average Bonchev–Trinajstić information content (AvgIpc) is 2.35. The lowest BCUT2D eigenvalue weighted by Crippen LogP contribution is -2.03. The molecule has 0 saturated carbocycles. The van der Waals surface area contributed by atoms with E-state index < -0.39 is 6.10 Å². The van der Waals surface area contributed by atoms with Crippen LogP contribution < -0.4 is 0 Å². The Morgan fingerprint density at radius 2 is 1.78 bits per heavy atom. The van der Waals surface area contributed by atoms with E-state index in [2.05, 4.69) is 0 Å². The van der Waals surface area contributed by atoms with Crippen LogP contribution in [0.5, 0.6) is 0 Å². The molecule has 18 heavy (non-hydrogen) atoms. The number of rotatable bonds is 3. The van der Waals surface area contributed by atoms with Gasteiger partial charge in [0.25, 0.3) is 0 Å². The van der Waals surface area contributed by atoms with Crippen LogP contribution in [0, 0.1) is 5.82 Å². The quantitative estimate of drug-likeness (QED) is 0.885. The van der Waals surface area contributed by atoms with Crippen molar-refractivity contribution in [3.63, 3.8) is 0 Å². The highest BCUT2D eigenvalue weighted by Gasteiger charge is 2.12. The van der Waals surface area contributed by atoms with Crippen LogP contribution in [0.3, 0.4) is 0 Å². The molecular formula is C14H11Cl2FO. The maximum absolute atomic E-state index is 13.5. The molecule has 4 heteroatoms. The Morgan fingerprint density at radius 3 is 2.44 bits per heavy atom. The van der Waals surface area contributed by atoms with Crippen LogP contribution in [0.1, 0.15) is 17.2 Å². The van der Waals surface area contributed by atoms with E-state index in [4.69, 9.17) is 23.2 Å². The van der Waals surface area contributed by atoms with Gasteiger partial charge in [-0.1, -0.05) is 47.5 Å². The highest BCUT2D eigenvalue weighted by atomic mass is 35.5. The highest BCUT2D eigenvalue weighted by molar-refractivity contribution is 6.42. The molecule has 0 saturated heterocycles.